The lowest BCUT2D eigenvalue weighted by molar-refractivity contribution is 0.138. The van der Waals surface area contributed by atoms with Gasteiger partial charge in [0.1, 0.15) is 0 Å². The zero-order valence-corrected chi connectivity index (χ0v) is 9.53. The van der Waals surface area contributed by atoms with Gasteiger partial charge in [0.2, 0.25) is 0 Å². The zero-order chi connectivity index (χ0) is 10.7. The van der Waals surface area contributed by atoms with Crippen LogP contribution in [0, 0.1) is 0 Å². The van der Waals surface area contributed by atoms with Crippen molar-refractivity contribution in [3.05, 3.63) is 23.8 Å². The van der Waals surface area contributed by atoms with E-state index in [2.05, 4.69) is 0 Å². The van der Waals surface area contributed by atoms with Crippen molar-refractivity contribution in [1.82, 2.24) is 4.90 Å². The SMILES string of the molecule is CN(C)CC(O)c1ccc(O)c(O)c1.Cl. The maximum atomic E-state index is 9.67. The summed E-state index contributed by atoms with van der Waals surface area (Å²) in [5.41, 5.74) is 0.592. The molecule has 5 heteroatoms. The van der Waals surface area contributed by atoms with E-state index in [1.807, 2.05) is 19.0 Å². The highest BCUT2D eigenvalue weighted by atomic mass is 35.5. The third kappa shape index (κ3) is 3.95. The first-order valence-electron chi connectivity index (χ1n) is 4.35. The van der Waals surface area contributed by atoms with Crippen molar-refractivity contribution in [2.45, 2.75) is 6.10 Å². The van der Waals surface area contributed by atoms with Crippen molar-refractivity contribution in [1.29, 1.82) is 0 Å². The fraction of sp³-hybridized carbons (Fsp3) is 0.400. The molecule has 0 saturated carbocycles. The molecule has 0 amide bonds. The standard InChI is InChI=1S/C10H15NO3.ClH/c1-11(2)6-10(14)7-3-4-8(12)9(13)5-7;/h3-5,10,12-14H,6H2,1-2H3;1H. The number of benzene rings is 1. The second-order valence-electron chi connectivity index (χ2n) is 3.53. The fourth-order valence-electron chi connectivity index (χ4n) is 1.20. The maximum absolute atomic E-state index is 9.67. The fourth-order valence-corrected chi connectivity index (χ4v) is 1.20. The summed E-state index contributed by atoms with van der Waals surface area (Å²) < 4.78 is 0. The van der Waals surface area contributed by atoms with E-state index in [4.69, 9.17) is 5.11 Å². The molecule has 4 nitrogen and oxygen atoms in total. The van der Waals surface area contributed by atoms with Crippen molar-refractivity contribution in [3.63, 3.8) is 0 Å². The van der Waals surface area contributed by atoms with Crippen LogP contribution in [0.1, 0.15) is 11.7 Å². The van der Waals surface area contributed by atoms with E-state index in [1.54, 1.807) is 6.07 Å². The van der Waals surface area contributed by atoms with Crippen LogP contribution in [0.2, 0.25) is 0 Å². The number of halogens is 1. The number of rotatable bonds is 3. The molecule has 0 aliphatic heterocycles. The van der Waals surface area contributed by atoms with Crippen LogP contribution in [0.15, 0.2) is 18.2 Å². The summed E-state index contributed by atoms with van der Waals surface area (Å²) >= 11 is 0. The van der Waals surface area contributed by atoms with Gasteiger partial charge in [-0.2, -0.15) is 0 Å². The Morgan fingerprint density at radius 3 is 2.27 bits per heavy atom. The van der Waals surface area contributed by atoms with Crippen LogP contribution in [0.3, 0.4) is 0 Å². The van der Waals surface area contributed by atoms with Gasteiger partial charge in [-0.1, -0.05) is 6.07 Å². The first kappa shape index (κ1) is 14.0. The van der Waals surface area contributed by atoms with Gasteiger partial charge in [-0.3, -0.25) is 0 Å². The number of likely N-dealkylation sites (N-methyl/N-ethyl adjacent to an activating group) is 1. The van der Waals surface area contributed by atoms with Gasteiger partial charge < -0.3 is 20.2 Å². The Balaban J connectivity index is 0.00000196. The maximum Gasteiger partial charge on any atom is 0.157 e. The number of aliphatic hydroxyl groups excluding tert-OH is 1. The minimum atomic E-state index is -0.656. The molecule has 0 aromatic heterocycles. The smallest absolute Gasteiger partial charge is 0.157 e. The third-order valence-electron chi connectivity index (χ3n) is 1.92. The molecule has 0 radical (unpaired) electrons. The molecule has 0 aliphatic rings. The minimum Gasteiger partial charge on any atom is -0.504 e. The van der Waals surface area contributed by atoms with E-state index in [9.17, 15) is 10.2 Å². The van der Waals surface area contributed by atoms with Crippen LogP contribution in [0.5, 0.6) is 11.5 Å². The van der Waals surface area contributed by atoms with Crippen molar-refractivity contribution >= 4 is 12.4 Å². The van der Waals surface area contributed by atoms with E-state index in [0.717, 1.165) is 0 Å². The van der Waals surface area contributed by atoms with Gasteiger partial charge in [-0.05, 0) is 31.8 Å². The molecule has 15 heavy (non-hydrogen) atoms. The summed E-state index contributed by atoms with van der Waals surface area (Å²) in [6, 6.07) is 4.32. The summed E-state index contributed by atoms with van der Waals surface area (Å²) in [6.07, 6.45) is -0.656. The lowest BCUT2D eigenvalue weighted by Crippen LogP contribution is -2.19. The highest BCUT2D eigenvalue weighted by Gasteiger charge is 2.10. The number of nitrogens with zero attached hydrogens (tertiary/aromatic N) is 1. The predicted octanol–water partition coefficient (Wildman–Crippen LogP) is 1.11. The van der Waals surface area contributed by atoms with Gasteiger partial charge >= 0.3 is 0 Å². The van der Waals surface area contributed by atoms with Crippen LogP contribution in [0.25, 0.3) is 0 Å². The topological polar surface area (TPSA) is 63.9 Å². The number of hydrogen-bond acceptors (Lipinski definition) is 4. The lowest BCUT2D eigenvalue weighted by Gasteiger charge is -2.16. The van der Waals surface area contributed by atoms with E-state index < -0.39 is 6.10 Å². The van der Waals surface area contributed by atoms with Gasteiger partial charge in [0.15, 0.2) is 11.5 Å². The van der Waals surface area contributed by atoms with Crippen LogP contribution in [-0.2, 0) is 0 Å². The highest BCUT2D eigenvalue weighted by molar-refractivity contribution is 5.85. The van der Waals surface area contributed by atoms with Crippen LogP contribution >= 0.6 is 12.4 Å². The second-order valence-corrected chi connectivity index (χ2v) is 3.53. The Kier molecular flexibility index (Phi) is 5.43. The molecule has 3 N–H and O–H groups in total. The molecule has 1 aromatic carbocycles. The average molecular weight is 234 g/mol. The number of aliphatic hydroxyl groups is 1. The van der Waals surface area contributed by atoms with Crippen molar-refractivity contribution in [2.24, 2.45) is 0 Å². The van der Waals surface area contributed by atoms with Crippen LogP contribution < -0.4 is 0 Å². The van der Waals surface area contributed by atoms with Gasteiger partial charge in [-0.25, -0.2) is 0 Å². The number of phenols is 2. The first-order chi connectivity index (χ1) is 6.50. The first-order valence-corrected chi connectivity index (χ1v) is 4.35. The molecule has 0 fully saturated rings. The monoisotopic (exact) mass is 233 g/mol. The molecule has 0 aliphatic carbocycles. The zero-order valence-electron chi connectivity index (χ0n) is 8.71. The molecular weight excluding hydrogens is 218 g/mol. The summed E-state index contributed by atoms with van der Waals surface area (Å²) in [4.78, 5) is 1.84. The van der Waals surface area contributed by atoms with Crippen molar-refractivity contribution in [2.75, 3.05) is 20.6 Å². The van der Waals surface area contributed by atoms with Crippen molar-refractivity contribution < 1.29 is 15.3 Å². The van der Waals surface area contributed by atoms with Gasteiger partial charge in [0, 0.05) is 6.54 Å². The van der Waals surface area contributed by atoms with Gasteiger partial charge in [0.25, 0.3) is 0 Å². The van der Waals surface area contributed by atoms with Crippen LogP contribution in [-0.4, -0.2) is 40.9 Å². The Bertz CT molecular complexity index is 318. The molecule has 1 unspecified atom stereocenters. The van der Waals surface area contributed by atoms with E-state index in [-0.39, 0.29) is 23.9 Å². The van der Waals surface area contributed by atoms with Crippen molar-refractivity contribution in [3.8, 4) is 11.5 Å². The summed E-state index contributed by atoms with van der Waals surface area (Å²) in [5, 5.41) is 27.9. The molecule has 1 rings (SSSR count). The Labute approximate surface area is 95.2 Å². The van der Waals surface area contributed by atoms with Gasteiger partial charge in [-0.15, -0.1) is 12.4 Å². The summed E-state index contributed by atoms with van der Waals surface area (Å²) in [7, 11) is 3.70. The molecule has 0 saturated heterocycles. The Morgan fingerprint density at radius 1 is 1.20 bits per heavy atom. The van der Waals surface area contributed by atoms with Crippen LogP contribution in [0.4, 0.5) is 0 Å². The molecule has 0 heterocycles. The largest absolute Gasteiger partial charge is 0.504 e. The number of aromatic hydroxyl groups is 2. The minimum absolute atomic E-state index is 0. The molecule has 1 atom stereocenters. The van der Waals surface area contributed by atoms with E-state index in [1.165, 1.54) is 12.1 Å². The third-order valence-corrected chi connectivity index (χ3v) is 1.92. The normalized spacial score (nSPS) is 12.3. The Morgan fingerprint density at radius 2 is 1.80 bits per heavy atom. The molecule has 0 spiro atoms. The molecule has 0 bridgehead atoms. The Hall–Kier alpha value is -0.970. The van der Waals surface area contributed by atoms with Gasteiger partial charge in [0.05, 0.1) is 6.10 Å². The lowest BCUT2D eigenvalue weighted by atomic mass is 10.1. The number of hydrogen-bond donors (Lipinski definition) is 3. The van der Waals surface area contributed by atoms with E-state index in [0.29, 0.717) is 12.1 Å². The molecular formula is C10H16ClNO3. The summed E-state index contributed by atoms with van der Waals surface area (Å²) in [5.74, 6) is -0.383. The molecule has 86 valence electrons. The second kappa shape index (κ2) is 5.80. The van der Waals surface area contributed by atoms with E-state index >= 15 is 0 Å². The average Bonchev–Trinajstić information content (AvgIpc) is 2.08. The highest BCUT2D eigenvalue weighted by Crippen LogP contribution is 2.27. The number of phenolic OH excluding ortho intramolecular Hbond substituents is 2. The quantitative estimate of drug-likeness (QED) is 0.685. The molecule has 1 aromatic rings. The summed E-state index contributed by atoms with van der Waals surface area (Å²) in [6.45, 7) is 0.476. The predicted molar refractivity (Wildman–Crippen MR) is 60.5 cm³/mol.